The highest BCUT2D eigenvalue weighted by Gasteiger charge is 2.29. The Morgan fingerprint density at radius 1 is 1.13 bits per heavy atom. The topological polar surface area (TPSA) is 102 Å². The minimum atomic E-state index is -0.187. The maximum Gasteiger partial charge on any atom is 0.219 e. The number of aromatic hydroxyl groups is 2. The number of likely N-dealkylation sites (tertiary alicyclic amines) is 1. The Bertz CT molecular complexity index is 1010. The number of nitrogens with zero attached hydrogens (tertiary/aromatic N) is 3. The van der Waals surface area contributed by atoms with E-state index in [-0.39, 0.29) is 23.3 Å². The molecule has 1 saturated heterocycles. The minimum Gasteiger partial charge on any atom is -0.508 e. The van der Waals surface area contributed by atoms with E-state index in [2.05, 4.69) is 16.1 Å². The lowest BCUT2D eigenvalue weighted by molar-refractivity contribution is -0.106. The number of carbonyl (C=O) groups is 1. The van der Waals surface area contributed by atoms with Crippen LogP contribution in [-0.4, -0.2) is 46.5 Å². The van der Waals surface area contributed by atoms with Crippen LogP contribution in [0.3, 0.4) is 0 Å². The Kier molecular flexibility index (Phi) is 5.87. The van der Waals surface area contributed by atoms with E-state index in [0.29, 0.717) is 29.3 Å². The number of phenolic OH excluding ortho intramolecular Hbond substituents is 2. The molecule has 1 unspecified atom stereocenters. The van der Waals surface area contributed by atoms with E-state index in [1.54, 1.807) is 6.07 Å². The first-order valence-electron chi connectivity index (χ1n) is 10.9. The van der Waals surface area contributed by atoms with Gasteiger partial charge in [0, 0.05) is 12.1 Å². The van der Waals surface area contributed by atoms with E-state index in [4.69, 9.17) is 5.84 Å². The van der Waals surface area contributed by atoms with Crippen molar-refractivity contribution < 1.29 is 15.0 Å². The monoisotopic (exact) mass is 422 g/mol. The van der Waals surface area contributed by atoms with Crippen LogP contribution < -0.4 is 10.7 Å². The quantitative estimate of drug-likeness (QED) is 0.226. The van der Waals surface area contributed by atoms with Crippen LogP contribution in [0.4, 0.5) is 5.69 Å². The Labute approximate surface area is 182 Å². The fourth-order valence-electron chi connectivity index (χ4n) is 4.83. The van der Waals surface area contributed by atoms with Crippen molar-refractivity contribution in [2.24, 2.45) is 10.9 Å². The molecule has 164 valence electrons. The molecular formula is C24H30N4O3. The number of fused-ring (bicyclic) bond motifs is 1. The molecule has 1 heterocycles. The van der Waals surface area contributed by atoms with Gasteiger partial charge in [0.15, 0.2) is 5.84 Å². The number of rotatable bonds is 5. The van der Waals surface area contributed by atoms with Crippen molar-refractivity contribution in [3.63, 3.8) is 0 Å². The number of amidine groups is 1. The van der Waals surface area contributed by atoms with Gasteiger partial charge in [0.05, 0.1) is 11.3 Å². The number of carbonyl (C=O) groups excluding carboxylic acids is 1. The molecule has 2 aromatic carbocycles. The summed E-state index contributed by atoms with van der Waals surface area (Å²) in [6, 6.07) is 9.41. The molecular weight excluding hydrogens is 392 g/mol. The molecule has 7 nitrogen and oxygen atoms in total. The summed E-state index contributed by atoms with van der Waals surface area (Å²) in [5, 5.41) is 24.4. The van der Waals surface area contributed by atoms with E-state index in [1.165, 1.54) is 34.9 Å². The average Bonchev–Trinajstić information content (AvgIpc) is 3.41. The lowest BCUT2D eigenvalue weighted by atomic mass is 9.98. The second kappa shape index (κ2) is 8.59. The molecule has 0 radical (unpaired) electrons. The van der Waals surface area contributed by atoms with E-state index in [0.717, 1.165) is 25.9 Å². The Morgan fingerprint density at radius 2 is 1.84 bits per heavy atom. The summed E-state index contributed by atoms with van der Waals surface area (Å²) in [5.41, 5.74) is 4.13. The van der Waals surface area contributed by atoms with Crippen LogP contribution in [-0.2, 0) is 17.6 Å². The molecule has 4 rings (SSSR count). The van der Waals surface area contributed by atoms with Gasteiger partial charge in [-0.3, -0.25) is 14.6 Å². The molecule has 7 heteroatoms. The summed E-state index contributed by atoms with van der Waals surface area (Å²) in [5.74, 6) is 5.63. The molecule has 2 aromatic rings. The second-order valence-electron chi connectivity index (χ2n) is 8.77. The van der Waals surface area contributed by atoms with Crippen LogP contribution in [0.2, 0.25) is 0 Å². The predicted molar refractivity (Wildman–Crippen MR) is 122 cm³/mol. The molecule has 1 aliphatic carbocycles. The molecule has 2 aliphatic rings. The number of hydrazone groups is 1. The van der Waals surface area contributed by atoms with Crippen molar-refractivity contribution in [3.05, 3.63) is 52.6 Å². The summed E-state index contributed by atoms with van der Waals surface area (Å²) in [7, 11) is 0. The van der Waals surface area contributed by atoms with Gasteiger partial charge in [-0.25, -0.2) is 0 Å². The van der Waals surface area contributed by atoms with Crippen molar-refractivity contribution in [2.45, 2.75) is 51.5 Å². The average molecular weight is 423 g/mol. The molecule has 1 aliphatic heterocycles. The molecule has 0 bridgehead atoms. The smallest absolute Gasteiger partial charge is 0.219 e. The fourth-order valence-corrected chi connectivity index (χ4v) is 4.83. The SMILES string of the molecule is CC(C)c1cc(/C(=N/N)N(C=O)c2ccc3c(c2)CC(N2CCCC2)C3)c(O)cc1O. The van der Waals surface area contributed by atoms with Crippen molar-refractivity contribution in [3.8, 4) is 11.5 Å². The van der Waals surface area contributed by atoms with Gasteiger partial charge in [-0.2, -0.15) is 5.10 Å². The normalized spacial score (nSPS) is 19.1. The van der Waals surface area contributed by atoms with E-state index in [9.17, 15) is 15.0 Å². The van der Waals surface area contributed by atoms with Gasteiger partial charge in [-0.15, -0.1) is 0 Å². The molecule has 1 amide bonds. The Morgan fingerprint density at radius 3 is 2.48 bits per heavy atom. The first kappa shape index (κ1) is 21.2. The van der Waals surface area contributed by atoms with Crippen LogP contribution in [0.1, 0.15) is 54.9 Å². The first-order chi connectivity index (χ1) is 14.9. The summed E-state index contributed by atoms with van der Waals surface area (Å²) in [6.07, 6.45) is 5.18. The van der Waals surface area contributed by atoms with Gasteiger partial charge in [-0.05, 0) is 79.6 Å². The summed E-state index contributed by atoms with van der Waals surface area (Å²) < 4.78 is 0. The highest BCUT2D eigenvalue weighted by Crippen LogP contribution is 2.35. The largest absolute Gasteiger partial charge is 0.508 e. The van der Waals surface area contributed by atoms with Crippen LogP contribution in [0.5, 0.6) is 11.5 Å². The van der Waals surface area contributed by atoms with Crippen molar-refractivity contribution in [1.82, 2.24) is 4.90 Å². The third kappa shape index (κ3) is 3.97. The van der Waals surface area contributed by atoms with Crippen LogP contribution in [0.25, 0.3) is 0 Å². The first-order valence-corrected chi connectivity index (χ1v) is 10.9. The summed E-state index contributed by atoms with van der Waals surface area (Å²) in [6.45, 7) is 6.19. The zero-order valence-electron chi connectivity index (χ0n) is 18.1. The maximum atomic E-state index is 12.1. The van der Waals surface area contributed by atoms with Crippen LogP contribution in [0.15, 0.2) is 35.4 Å². The van der Waals surface area contributed by atoms with Gasteiger partial charge in [0.25, 0.3) is 0 Å². The van der Waals surface area contributed by atoms with E-state index >= 15 is 0 Å². The standard InChI is InChI=1S/C24H30N4O3/c1-15(2)20-12-21(23(31)13-22(20)30)24(26-25)28(14-29)18-6-5-16-9-19(11-17(16)10-18)27-7-3-4-8-27/h5-6,10,12-15,19,30-31H,3-4,7-9,11,25H2,1-2H3/b26-24-. The predicted octanol–water partition coefficient (Wildman–Crippen LogP) is 3.07. The van der Waals surface area contributed by atoms with E-state index in [1.807, 2.05) is 26.0 Å². The van der Waals surface area contributed by atoms with Crippen molar-refractivity contribution >= 4 is 17.9 Å². The van der Waals surface area contributed by atoms with Crippen LogP contribution in [0, 0.1) is 0 Å². The fraction of sp³-hybridized carbons (Fsp3) is 0.417. The molecule has 1 atom stereocenters. The highest BCUT2D eigenvalue weighted by atomic mass is 16.3. The van der Waals surface area contributed by atoms with Crippen LogP contribution >= 0.6 is 0 Å². The third-order valence-electron chi connectivity index (χ3n) is 6.50. The number of hydrogen-bond acceptors (Lipinski definition) is 6. The lowest BCUT2D eigenvalue weighted by Crippen LogP contribution is -2.33. The molecule has 4 N–H and O–H groups in total. The minimum absolute atomic E-state index is 0.00393. The molecule has 0 aromatic heterocycles. The number of amides is 1. The number of phenols is 2. The zero-order chi connectivity index (χ0) is 22.1. The lowest BCUT2D eigenvalue weighted by Gasteiger charge is -2.22. The number of nitrogens with two attached hydrogens (primary N) is 1. The van der Waals surface area contributed by atoms with Gasteiger partial charge < -0.3 is 16.1 Å². The Balaban J connectivity index is 1.66. The zero-order valence-corrected chi connectivity index (χ0v) is 18.1. The summed E-state index contributed by atoms with van der Waals surface area (Å²) in [4.78, 5) is 16.0. The molecule has 0 spiro atoms. The molecule has 1 fully saturated rings. The maximum absolute atomic E-state index is 12.1. The van der Waals surface area contributed by atoms with Gasteiger partial charge in [-0.1, -0.05) is 19.9 Å². The number of hydrogen-bond donors (Lipinski definition) is 3. The highest BCUT2D eigenvalue weighted by molar-refractivity contribution is 6.19. The molecule has 31 heavy (non-hydrogen) atoms. The number of benzene rings is 2. The van der Waals surface area contributed by atoms with Gasteiger partial charge >= 0.3 is 0 Å². The third-order valence-corrected chi connectivity index (χ3v) is 6.50. The van der Waals surface area contributed by atoms with Crippen molar-refractivity contribution in [2.75, 3.05) is 18.0 Å². The van der Waals surface area contributed by atoms with Crippen molar-refractivity contribution in [1.29, 1.82) is 0 Å². The van der Waals surface area contributed by atoms with Gasteiger partial charge in [0.1, 0.15) is 11.5 Å². The van der Waals surface area contributed by atoms with E-state index < -0.39 is 0 Å². The summed E-state index contributed by atoms with van der Waals surface area (Å²) >= 11 is 0. The second-order valence-corrected chi connectivity index (χ2v) is 8.77. The Hall–Kier alpha value is -3.06. The number of anilines is 1. The molecule has 0 saturated carbocycles. The van der Waals surface area contributed by atoms with Gasteiger partial charge in [0.2, 0.25) is 6.41 Å².